The fraction of sp³-hybridized carbons (Fsp3) is 0.263. The van der Waals surface area contributed by atoms with Gasteiger partial charge in [-0.2, -0.15) is 0 Å². The van der Waals surface area contributed by atoms with Crippen molar-refractivity contribution in [2.24, 2.45) is 14.1 Å². The number of aromatic nitrogens is 2. The summed E-state index contributed by atoms with van der Waals surface area (Å²) in [5.41, 5.74) is 0.287. The minimum absolute atomic E-state index is 0.0218. The predicted octanol–water partition coefficient (Wildman–Crippen LogP) is 1.07. The van der Waals surface area contributed by atoms with Crippen molar-refractivity contribution >= 4 is 38.3 Å². The highest BCUT2D eigenvalue weighted by Crippen LogP contribution is 2.28. The largest absolute Gasteiger partial charge is 0.347 e. The van der Waals surface area contributed by atoms with E-state index in [0.29, 0.717) is 11.0 Å². The summed E-state index contributed by atoms with van der Waals surface area (Å²) in [6.07, 6.45) is 0. The molecule has 2 aromatic carbocycles. The van der Waals surface area contributed by atoms with Crippen molar-refractivity contribution in [3.63, 3.8) is 0 Å². The van der Waals surface area contributed by atoms with Crippen LogP contribution in [0.15, 0.2) is 52.2 Å². The SMILES string of the molecule is CN(C)C(=O)CN(c1cccc([N+](=O)[O-])c1)S(=O)(=O)c1ccc2c(c1)n(C)c(=O)n2C. The number of fused-ring (bicyclic) bond motifs is 1. The van der Waals surface area contributed by atoms with E-state index in [9.17, 15) is 28.1 Å². The first kappa shape index (κ1) is 22.0. The summed E-state index contributed by atoms with van der Waals surface area (Å²) in [4.78, 5) is 36.2. The average molecular weight is 447 g/mol. The van der Waals surface area contributed by atoms with Crippen LogP contribution >= 0.6 is 0 Å². The molecule has 0 atom stereocenters. The summed E-state index contributed by atoms with van der Waals surface area (Å²) in [5.74, 6) is -0.511. The number of likely N-dealkylation sites (N-methyl/N-ethyl adjacent to an activating group) is 1. The van der Waals surface area contributed by atoms with Crippen LogP contribution in [0.2, 0.25) is 0 Å². The number of benzene rings is 2. The van der Waals surface area contributed by atoms with Crippen molar-refractivity contribution in [2.75, 3.05) is 24.9 Å². The molecule has 164 valence electrons. The van der Waals surface area contributed by atoms with Crippen molar-refractivity contribution in [3.8, 4) is 0 Å². The van der Waals surface area contributed by atoms with E-state index in [4.69, 9.17) is 0 Å². The van der Waals surface area contributed by atoms with Crippen LogP contribution in [0.1, 0.15) is 0 Å². The molecule has 3 aromatic rings. The van der Waals surface area contributed by atoms with E-state index in [2.05, 4.69) is 0 Å². The highest BCUT2D eigenvalue weighted by molar-refractivity contribution is 7.92. The summed E-state index contributed by atoms with van der Waals surface area (Å²) >= 11 is 0. The highest BCUT2D eigenvalue weighted by atomic mass is 32.2. The number of nitro groups is 1. The van der Waals surface area contributed by atoms with Gasteiger partial charge in [0.15, 0.2) is 0 Å². The van der Waals surface area contributed by atoms with Crippen LogP contribution in [0.25, 0.3) is 11.0 Å². The van der Waals surface area contributed by atoms with Crippen molar-refractivity contribution < 1.29 is 18.1 Å². The molecular weight excluding hydrogens is 426 g/mol. The smallest absolute Gasteiger partial charge is 0.328 e. The third kappa shape index (κ3) is 3.89. The van der Waals surface area contributed by atoms with E-state index >= 15 is 0 Å². The number of anilines is 1. The molecule has 0 bridgehead atoms. The van der Waals surface area contributed by atoms with Crippen LogP contribution in [0.5, 0.6) is 0 Å². The highest BCUT2D eigenvalue weighted by Gasteiger charge is 2.29. The van der Waals surface area contributed by atoms with Crippen molar-refractivity contribution in [1.29, 1.82) is 0 Å². The topological polar surface area (TPSA) is 128 Å². The average Bonchev–Trinajstić information content (AvgIpc) is 2.95. The molecule has 0 saturated heterocycles. The van der Waals surface area contributed by atoms with Crippen LogP contribution in [-0.4, -0.2) is 53.9 Å². The zero-order valence-corrected chi connectivity index (χ0v) is 18.2. The maximum absolute atomic E-state index is 13.5. The molecule has 1 heterocycles. The van der Waals surface area contributed by atoms with Gasteiger partial charge in [0.2, 0.25) is 5.91 Å². The molecular formula is C19H21N5O6S. The summed E-state index contributed by atoms with van der Waals surface area (Å²) in [5, 5.41) is 11.2. The maximum Gasteiger partial charge on any atom is 0.328 e. The van der Waals surface area contributed by atoms with E-state index in [1.807, 2.05) is 0 Å². The number of aryl methyl sites for hydroxylation is 2. The Morgan fingerprint density at radius 1 is 1.06 bits per heavy atom. The molecule has 1 amide bonds. The van der Waals surface area contributed by atoms with E-state index < -0.39 is 27.4 Å². The molecule has 11 nitrogen and oxygen atoms in total. The van der Waals surface area contributed by atoms with Gasteiger partial charge in [0.25, 0.3) is 15.7 Å². The molecule has 0 spiro atoms. The van der Waals surface area contributed by atoms with Crippen LogP contribution in [0.4, 0.5) is 11.4 Å². The molecule has 0 radical (unpaired) electrons. The van der Waals surface area contributed by atoms with Gasteiger partial charge in [0.1, 0.15) is 6.54 Å². The van der Waals surface area contributed by atoms with Gasteiger partial charge in [0.05, 0.1) is 26.5 Å². The number of rotatable bonds is 6. The third-order valence-electron chi connectivity index (χ3n) is 4.94. The first-order chi connectivity index (χ1) is 14.4. The van der Waals surface area contributed by atoms with E-state index in [-0.39, 0.29) is 22.0 Å². The van der Waals surface area contributed by atoms with Crippen molar-refractivity contribution in [3.05, 3.63) is 63.1 Å². The number of nitrogens with zero attached hydrogens (tertiary/aromatic N) is 5. The molecule has 31 heavy (non-hydrogen) atoms. The first-order valence-electron chi connectivity index (χ1n) is 9.08. The van der Waals surface area contributed by atoms with Crippen molar-refractivity contribution in [1.82, 2.24) is 14.0 Å². The Hall–Kier alpha value is -3.67. The minimum atomic E-state index is -4.30. The van der Waals surface area contributed by atoms with Gasteiger partial charge in [-0.05, 0) is 24.3 Å². The number of hydrogen-bond acceptors (Lipinski definition) is 6. The number of sulfonamides is 1. The molecule has 0 aliphatic rings. The molecule has 1 aromatic heterocycles. The van der Waals surface area contributed by atoms with Crippen LogP contribution in [0.3, 0.4) is 0 Å². The first-order valence-corrected chi connectivity index (χ1v) is 10.5. The van der Waals surface area contributed by atoms with Gasteiger partial charge in [-0.25, -0.2) is 13.2 Å². The summed E-state index contributed by atoms with van der Waals surface area (Å²) in [6, 6.07) is 9.23. The molecule has 12 heteroatoms. The monoisotopic (exact) mass is 447 g/mol. The Morgan fingerprint density at radius 2 is 1.71 bits per heavy atom. The van der Waals surface area contributed by atoms with Gasteiger partial charge >= 0.3 is 5.69 Å². The van der Waals surface area contributed by atoms with Gasteiger partial charge in [-0.15, -0.1) is 0 Å². The fourth-order valence-corrected chi connectivity index (χ4v) is 4.54. The van der Waals surface area contributed by atoms with Crippen molar-refractivity contribution in [2.45, 2.75) is 4.90 Å². The third-order valence-corrected chi connectivity index (χ3v) is 6.71. The zero-order chi connectivity index (χ0) is 23.1. The van der Waals surface area contributed by atoms with E-state index in [0.717, 1.165) is 10.4 Å². The number of carbonyl (C=O) groups excluding carboxylic acids is 1. The standard InChI is InChI=1S/C19H21N5O6S/c1-20(2)18(25)12-23(13-6-5-7-14(10-13)24(27)28)31(29,30)15-8-9-16-17(11-15)22(4)19(26)21(16)3/h5-11H,12H2,1-4H3. The summed E-state index contributed by atoms with van der Waals surface area (Å²) in [7, 11) is 1.75. The Balaban J connectivity index is 2.20. The number of nitro benzene ring substituents is 1. The zero-order valence-electron chi connectivity index (χ0n) is 17.3. The van der Waals surface area contributed by atoms with E-state index in [1.54, 1.807) is 7.05 Å². The number of hydrogen-bond donors (Lipinski definition) is 0. The Morgan fingerprint density at radius 3 is 2.32 bits per heavy atom. The lowest BCUT2D eigenvalue weighted by atomic mass is 10.3. The molecule has 0 aliphatic heterocycles. The van der Waals surface area contributed by atoms with Crippen LogP contribution in [-0.2, 0) is 28.9 Å². The molecule has 0 unspecified atom stereocenters. The summed E-state index contributed by atoms with van der Waals surface area (Å²) in [6.45, 7) is -0.553. The number of imidazole rings is 1. The normalized spacial score (nSPS) is 11.5. The second kappa shape index (κ2) is 7.87. The molecule has 0 saturated carbocycles. The maximum atomic E-state index is 13.5. The quantitative estimate of drug-likeness (QED) is 0.411. The minimum Gasteiger partial charge on any atom is -0.347 e. The fourth-order valence-electron chi connectivity index (χ4n) is 3.12. The van der Waals surface area contributed by atoms with Gasteiger partial charge in [0, 0.05) is 40.3 Å². The predicted molar refractivity (Wildman–Crippen MR) is 114 cm³/mol. The van der Waals surface area contributed by atoms with E-state index in [1.165, 1.54) is 71.6 Å². The molecule has 0 aliphatic carbocycles. The lowest BCUT2D eigenvalue weighted by molar-refractivity contribution is -0.384. The van der Waals surface area contributed by atoms with Crippen LogP contribution < -0.4 is 9.99 Å². The lowest BCUT2D eigenvalue weighted by Crippen LogP contribution is -2.40. The number of non-ortho nitro benzene ring substituents is 1. The Kier molecular flexibility index (Phi) is 5.59. The second-order valence-electron chi connectivity index (χ2n) is 7.13. The summed E-state index contributed by atoms with van der Waals surface area (Å²) < 4.78 is 30.5. The Labute approximate surface area is 177 Å². The number of amides is 1. The van der Waals surface area contributed by atoms with Crippen LogP contribution in [0, 0.1) is 10.1 Å². The molecule has 3 rings (SSSR count). The molecule has 0 fully saturated rings. The van der Waals surface area contributed by atoms with Gasteiger partial charge in [-0.3, -0.25) is 28.3 Å². The second-order valence-corrected chi connectivity index (χ2v) is 8.99. The Bertz CT molecular complexity index is 1360. The van der Waals surface area contributed by atoms with Gasteiger partial charge in [-0.1, -0.05) is 6.07 Å². The lowest BCUT2D eigenvalue weighted by Gasteiger charge is -2.25. The number of carbonyl (C=O) groups is 1. The molecule has 0 N–H and O–H groups in total. The van der Waals surface area contributed by atoms with Gasteiger partial charge < -0.3 is 4.90 Å².